The maximum absolute atomic E-state index is 10.1. The van der Waals surface area contributed by atoms with Crippen LogP contribution in [-0.4, -0.2) is 48.2 Å². The zero-order valence-corrected chi connectivity index (χ0v) is 29.9. The molecule has 0 aromatic carbocycles. The van der Waals surface area contributed by atoms with Gasteiger partial charge in [-0.2, -0.15) is 0 Å². The van der Waals surface area contributed by atoms with Crippen molar-refractivity contribution in [3.63, 3.8) is 0 Å². The van der Waals surface area contributed by atoms with E-state index in [1.807, 2.05) is 0 Å². The minimum Gasteiger partial charge on any atom is -0.726 e. The molecule has 0 aliphatic heterocycles. The van der Waals surface area contributed by atoms with Crippen LogP contribution in [-0.2, 0) is 29.0 Å². The summed E-state index contributed by atoms with van der Waals surface area (Å²) < 4.78 is 34.5. The Morgan fingerprint density at radius 3 is 1.32 bits per heavy atom. The van der Waals surface area contributed by atoms with Crippen LogP contribution in [0.3, 0.4) is 0 Å². The smallest absolute Gasteiger partial charge is 0.726 e. The summed E-state index contributed by atoms with van der Waals surface area (Å²) in [4.78, 5) is 30.0. The maximum Gasteiger partial charge on any atom is 1.00 e. The topological polar surface area (TPSA) is 207 Å². The van der Waals surface area contributed by atoms with Crippen LogP contribution in [0.15, 0.2) is 0 Å². The van der Waals surface area contributed by atoms with Gasteiger partial charge in [-0.05, 0) is 6.42 Å². The van der Waals surface area contributed by atoms with Crippen LogP contribution in [0.2, 0.25) is 0 Å². The van der Waals surface area contributed by atoms with Gasteiger partial charge in [0.1, 0.15) is 5.60 Å². The van der Waals surface area contributed by atoms with Crippen molar-refractivity contribution < 1.29 is 170 Å². The van der Waals surface area contributed by atoms with E-state index in [2.05, 4.69) is 11.1 Å². The Kier molecular flexibility index (Phi) is 43.1. The van der Waals surface area contributed by atoms with Gasteiger partial charge in [0.05, 0.1) is 12.6 Å². The minimum absolute atomic E-state index is 0. The zero-order chi connectivity index (χ0) is 23.6. The molecule has 0 rings (SSSR count). The molecule has 178 valence electrons. The number of carbonyl (C=O) groups excluding carboxylic acids is 3. The number of hydrogen-bond donors (Lipinski definition) is 1. The third-order valence-corrected chi connectivity index (χ3v) is 4.43. The SMILES string of the molecule is CCCCCCCCCCCCOS(=O)(=O)[O-].O=C([O-])CC(O)(CC(=O)[O-])C(=O)[O-].[Na+].[Na+].[Na+].[Na+]. The van der Waals surface area contributed by atoms with Crippen LogP contribution in [0, 0.1) is 0 Å². The Hall–Kier alpha value is 2.24. The number of rotatable bonds is 17. The van der Waals surface area contributed by atoms with Gasteiger partial charge in [-0.1, -0.05) is 64.7 Å². The molecule has 0 aliphatic carbocycles. The molecular weight excluding hydrogens is 516 g/mol. The molecule has 0 saturated heterocycles. The summed E-state index contributed by atoms with van der Waals surface area (Å²) in [7, 11) is -4.48. The molecule has 0 fully saturated rings. The predicted octanol–water partition coefficient (Wildman–Crippen LogP) is -13.9. The molecule has 0 spiro atoms. The summed E-state index contributed by atoms with van der Waals surface area (Å²) >= 11 is 0. The summed E-state index contributed by atoms with van der Waals surface area (Å²) in [6.45, 7) is 2.24. The average molecular weight is 546 g/mol. The molecule has 0 aliphatic rings. The normalized spacial score (nSPS) is 10.1. The van der Waals surface area contributed by atoms with E-state index in [1.54, 1.807) is 0 Å². The van der Waals surface area contributed by atoms with E-state index < -0.39 is 46.7 Å². The van der Waals surface area contributed by atoms with Gasteiger partial charge in [-0.25, -0.2) is 8.42 Å². The van der Waals surface area contributed by atoms with Crippen LogP contribution >= 0.6 is 0 Å². The quantitative estimate of drug-likeness (QED) is 0.0784. The number of hydrogen-bond acceptors (Lipinski definition) is 11. The Bertz CT molecular complexity index is 603. The molecule has 0 amide bonds. The molecule has 0 aromatic rings. The molecular formula is C18H30Na4O11S. The Balaban J connectivity index is -0.000000106. The molecule has 11 nitrogen and oxygen atoms in total. The molecule has 16 heteroatoms. The van der Waals surface area contributed by atoms with Crippen molar-refractivity contribution in [2.75, 3.05) is 6.61 Å². The number of aliphatic hydroxyl groups is 1. The first-order valence-corrected chi connectivity index (χ1v) is 11.1. The van der Waals surface area contributed by atoms with Crippen molar-refractivity contribution in [2.24, 2.45) is 0 Å². The second-order valence-electron chi connectivity index (χ2n) is 6.83. The number of aliphatic carboxylic acids is 3. The van der Waals surface area contributed by atoms with Gasteiger partial charge in [-0.3, -0.25) is 4.18 Å². The van der Waals surface area contributed by atoms with Gasteiger partial charge in [0.15, 0.2) is 0 Å². The molecule has 0 unspecified atom stereocenters. The van der Waals surface area contributed by atoms with Crippen LogP contribution < -0.4 is 134 Å². The number of carbonyl (C=O) groups is 3. The third-order valence-electron chi connectivity index (χ3n) is 3.98. The monoisotopic (exact) mass is 546 g/mol. The van der Waals surface area contributed by atoms with E-state index in [1.165, 1.54) is 44.9 Å². The number of unbranched alkanes of at least 4 members (excludes halogenated alkanes) is 9. The van der Waals surface area contributed by atoms with Crippen molar-refractivity contribution in [3.8, 4) is 0 Å². The van der Waals surface area contributed by atoms with Crippen LogP contribution in [0.5, 0.6) is 0 Å². The van der Waals surface area contributed by atoms with Gasteiger partial charge >= 0.3 is 118 Å². The van der Waals surface area contributed by atoms with Crippen LogP contribution in [0.4, 0.5) is 0 Å². The predicted molar refractivity (Wildman–Crippen MR) is 96.7 cm³/mol. The fourth-order valence-corrected chi connectivity index (χ4v) is 2.76. The van der Waals surface area contributed by atoms with E-state index in [0.717, 1.165) is 12.8 Å². The van der Waals surface area contributed by atoms with Gasteiger partial charge in [0.25, 0.3) is 0 Å². The summed E-state index contributed by atoms with van der Waals surface area (Å²) in [5.41, 5.74) is -2.97. The van der Waals surface area contributed by atoms with Gasteiger partial charge < -0.3 is 39.4 Å². The molecule has 0 atom stereocenters. The second kappa shape index (κ2) is 29.8. The van der Waals surface area contributed by atoms with Gasteiger partial charge in [-0.15, -0.1) is 0 Å². The summed E-state index contributed by atoms with van der Waals surface area (Å²) in [5, 5.41) is 38.9. The van der Waals surface area contributed by atoms with Crippen molar-refractivity contribution >= 4 is 28.3 Å². The minimum atomic E-state index is -4.48. The van der Waals surface area contributed by atoms with E-state index in [-0.39, 0.29) is 125 Å². The largest absolute Gasteiger partial charge is 1.00 e. The maximum atomic E-state index is 10.1. The molecule has 0 radical (unpaired) electrons. The zero-order valence-electron chi connectivity index (χ0n) is 21.1. The van der Waals surface area contributed by atoms with Crippen molar-refractivity contribution in [1.82, 2.24) is 0 Å². The van der Waals surface area contributed by atoms with Crippen molar-refractivity contribution in [2.45, 2.75) is 89.6 Å². The number of carboxylic acid groups (broad SMARTS) is 3. The molecule has 0 heterocycles. The molecule has 0 saturated carbocycles. The van der Waals surface area contributed by atoms with E-state index in [0.29, 0.717) is 6.42 Å². The van der Waals surface area contributed by atoms with Crippen molar-refractivity contribution in [1.29, 1.82) is 0 Å². The van der Waals surface area contributed by atoms with E-state index in [4.69, 9.17) is 5.11 Å². The van der Waals surface area contributed by atoms with Crippen LogP contribution in [0.25, 0.3) is 0 Å². The Labute approximate surface area is 290 Å². The number of carboxylic acids is 3. The fraction of sp³-hybridized carbons (Fsp3) is 0.833. The van der Waals surface area contributed by atoms with Gasteiger partial charge in [0.2, 0.25) is 10.4 Å². The molecule has 0 aromatic heterocycles. The van der Waals surface area contributed by atoms with E-state index >= 15 is 0 Å². The summed E-state index contributed by atoms with van der Waals surface area (Å²) in [6.07, 6.45) is 8.98. The average Bonchev–Trinajstić information content (AvgIpc) is 2.57. The second-order valence-corrected chi connectivity index (χ2v) is 7.88. The summed E-state index contributed by atoms with van der Waals surface area (Å²) in [6, 6.07) is 0. The first-order chi connectivity index (χ1) is 13.8. The van der Waals surface area contributed by atoms with E-state index in [9.17, 15) is 42.7 Å². The molecule has 0 bridgehead atoms. The first kappa shape index (κ1) is 49.2. The van der Waals surface area contributed by atoms with Gasteiger partial charge in [0, 0.05) is 24.8 Å². The third kappa shape index (κ3) is 36.4. The summed E-state index contributed by atoms with van der Waals surface area (Å²) in [5.74, 6) is -5.98. The first-order valence-electron chi connectivity index (χ1n) is 9.78. The molecule has 1 N–H and O–H groups in total. The Morgan fingerprint density at radius 2 is 1.06 bits per heavy atom. The van der Waals surface area contributed by atoms with Crippen LogP contribution in [0.1, 0.15) is 84.0 Å². The molecule has 34 heavy (non-hydrogen) atoms. The fourth-order valence-electron chi connectivity index (χ4n) is 2.43. The Morgan fingerprint density at radius 1 is 0.735 bits per heavy atom. The van der Waals surface area contributed by atoms with Crippen molar-refractivity contribution in [3.05, 3.63) is 0 Å². The standard InChI is InChI=1S/C12H26O4S.C6H8O7.4Na/c1-2-3-4-5-6-7-8-9-10-11-12-16-17(13,14)15;7-3(8)1-6(13,5(11)12)2-4(9)10;;;;/h2-12H2,1H3,(H,13,14,15);13H,1-2H2,(H,7,8)(H,9,10)(H,11,12);;;;/q;;4*+1/p-4.